The molecule has 1 aromatic rings. The van der Waals surface area contributed by atoms with Gasteiger partial charge in [-0.2, -0.15) is 0 Å². The van der Waals surface area contributed by atoms with Crippen molar-refractivity contribution >= 4 is 0 Å². The predicted octanol–water partition coefficient (Wildman–Crippen LogP) is 2.43. The molecule has 19 heavy (non-hydrogen) atoms. The summed E-state index contributed by atoms with van der Waals surface area (Å²) in [5, 5.41) is 13.0. The molecule has 2 N–H and O–H groups in total. The molecule has 2 nitrogen and oxygen atoms in total. The SMILES string of the molecule is CC(C)C#CCCNCC(O)[CH]Cc1ccccc1. The lowest BCUT2D eigenvalue weighted by atomic mass is 10.1. The summed E-state index contributed by atoms with van der Waals surface area (Å²) in [6, 6.07) is 10.2. The van der Waals surface area contributed by atoms with Gasteiger partial charge in [0.05, 0.1) is 6.10 Å². The molecular formula is C17H24NO. The van der Waals surface area contributed by atoms with Gasteiger partial charge in [-0.1, -0.05) is 44.2 Å². The fraction of sp³-hybridized carbons (Fsp3) is 0.471. The molecule has 0 saturated carbocycles. The van der Waals surface area contributed by atoms with Gasteiger partial charge in [-0.25, -0.2) is 0 Å². The van der Waals surface area contributed by atoms with E-state index >= 15 is 0 Å². The maximum Gasteiger partial charge on any atom is 0.0699 e. The number of aliphatic hydroxyl groups is 1. The van der Waals surface area contributed by atoms with Crippen molar-refractivity contribution in [2.75, 3.05) is 13.1 Å². The zero-order valence-electron chi connectivity index (χ0n) is 11.9. The third-order valence-corrected chi connectivity index (χ3v) is 2.64. The van der Waals surface area contributed by atoms with Gasteiger partial charge < -0.3 is 10.4 Å². The van der Waals surface area contributed by atoms with Gasteiger partial charge in [0, 0.05) is 25.4 Å². The first-order valence-corrected chi connectivity index (χ1v) is 6.93. The van der Waals surface area contributed by atoms with Crippen molar-refractivity contribution in [1.29, 1.82) is 0 Å². The monoisotopic (exact) mass is 258 g/mol. The van der Waals surface area contributed by atoms with E-state index in [-0.39, 0.29) is 0 Å². The van der Waals surface area contributed by atoms with Crippen molar-refractivity contribution in [3.05, 3.63) is 42.3 Å². The predicted molar refractivity (Wildman–Crippen MR) is 80.6 cm³/mol. The van der Waals surface area contributed by atoms with E-state index in [1.807, 2.05) is 24.6 Å². The number of nitrogens with one attached hydrogen (secondary N) is 1. The molecule has 0 bridgehead atoms. The lowest BCUT2D eigenvalue weighted by Crippen LogP contribution is -2.28. The number of hydrogen-bond acceptors (Lipinski definition) is 2. The molecule has 103 valence electrons. The van der Waals surface area contributed by atoms with E-state index in [0.29, 0.717) is 12.5 Å². The maximum absolute atomic E-state index is 9.80. The summed E-state index contributed by atoms with van der Waals surface area (Å²) in [6.07, 6.45) is 3.17. The Kier molecular flexibility index (Phi) is 7.97. The van der Waals surface area contributed by atoms with Gasteiger partial charge in [-0.15, -0.1) is 11.8 Å². The average Bonchev–Trinajstić information content (AvgIpc) is 2.41. The zero-order chi connectivity index (χ0) is 13.9. The highest BCUT2D eigenvalue weighted by Gasteiger charge is 2.03. The van der Waals surface area contributed by atoms with Crippen LogP contribution in [0.25, 0.3) is 0 Å². The van der Waals surface area contributed by atoms with Crippen LogP contribution in [-0.4, -0.2) is 24.3 Å². The molecule has 0 aliphatic heterocycles. The molecule has 1 aromatic carbocycles. The van der Waals surface area contributed by atoms with Crippen LogP contribution in [0.5, 0.6) is 0 Å². The summed E-state index contributed by atoms with van der Waals surface area (Å²) in [4.78, 5) is 0. The molecular weight excluding hydrogens is 234 g/mol. The molecule has 0 saturated heterocycles. The van der Waals surface area contributed by atoms with Crippen LogP contribution in [0.4, 0.5) is 0 Å². The number of benzene rings is 1. The summed E-state index contributed by atoms with van der Waals surface area (Å²) in [5.74, 6) is 6.67. The Labute approximate surface area is 117 Å². The molecule has 1 rings (SSSR count). The number of aliphatic hydroxyl groups excluding tert-OH is 1. The Morgan fingerprint density at radius 2 is 2.00 bits per heavy atom. The number of rotatable bonds is 7. The van der Waals surface area contributed by atoms with Crippen LogP contribution in [0.2, 0.25) is 0 Å². The minimum atomic E-state index is -0.404. The lowest BCUT2D eigenvalue weighted by molar-refractivity contribution is 0.201. The molecule has 1 radical (unpaired) electrons. The molecule has 0 aliphatic carbocycles. The Hall–Kier alpha value is -1.30. The highest BCUT2D eigenvalue weighted by atomic mass is 16.3. The second-order valence-electron chi connectivity index (χ2n) is 4.92. The first kappa shape index (κ1) is 15.8. The van der Waals surface area contributed by atoms with Crippen molar-refractivity contribution in [3.8, 4) is 11.8 Å². The zero-order valence-corrected chi connectivity index (χ0v) is 11.9. The van der Waals surface area contributed by atoms with Crippen molar-refractivity contribution in [3.63, 3.8) is 0 Å². The standard InChI is InChI=1S/C17H24NO/c1-15(2)8-6-7-13-18-14-17(19)12-11-16-9-4-3-5-10-16/h3-5,9-10,12,15,17-19H,7,11,13-14H2,1-2H3. The van der Waals surface area contributed by atoms with Crippen LogP contribution >= 0.6 is 0 Å². The van der Waals surface area contributed by atoms with Crippen LogP contribution in [0, 0.1) is 24.2 Å². The van der Waals surface area contributed by atoms with Crippen molar-refractivity contribution in [2.24, 2.45) is 5.92 Å². The molecule has 1 unspecified atom stereocenters. The molecule has 1 atom stereocenters. The first-order valence-electron chi connectivity index (χ1n) is 6.93. The molecule has 0 aliphatic rings. The summed E-state index contributed by atoms with van der Waals surface area (Å²) < 4.78 is 0. The molecule has 0 heterocycles. The summed E-state index contributed by atoms with van der Waals surface area (Å²) in [6.45, 7) is 5.59. The van der Waals surface area contributed by atoms with Crippen molar-refractivity contribution in [2.45, 2.75) is 32.8 Å². The van der Waals surface area contributed by atoms with Crippen LogP contribution in [0.1, 0.15) is 25.8 Å². The Bertz CT molecular complexity index is 389. The van der Waals surface area contributed by atoms with Crippen LogP contribution in [0.15, 0.2) is 30.3 Å². The van der Waals surface area contributed by atoms with E-state index in [1.165, 1.54) is 5.56 Å². The second kappa shape index (κ2) is 9.61. The van der Waals surface area contributed by atoms with Gasteiger partial charge in [0.15, 0.2) is 0 Å². The fourth-order valence-electron chi connectivity index (χ4n) is 1.65. The van der Waals surface area contributed by atoms with Crippen LogP contribution in [-0.2, 0) is 6.42 Å². The highest BCUT2D eigenvalue weighted by molar-refractivity contribution is 5.16. The third kappa shape index (κ3) is 8.42. The molecule has 0 amide bonds. The van der Waals surface area contributed by atoms with Crippen molar-refractivity contribution < 1.29 is 5.11 Å². The fourth-order valence-corrected chi connectivity index (χ4v) is 1.65. The van der Waals surface area contributed by atoms with E-state index in [2.05, 4.69) is 43.1 Å². The lowest BCUT2D eigenvalue weighted by Gasteiger charge is -2.10. The van der Waals surface area contributed by atoms with Crippen molar-refractivity contribution in [1.82, 2.24) is 5.32 Å². The summed E-state index contributed by atoms with van der Waals surface area (Å²) in [5.41, 5.74) is 1.23. The van der Waals surface area contributed by atoms with Gasteiger partial charge in [0.25, 0.3) is 0 Å². The molecule has 0 aromatic heterocycles. The van der Waals surface area contributed by atoms with E-state index < -0.39 is 6.10 Å². The van der Waals surface area contributed by atoms with E-state index in [9.17, 15) is 5.11 Å². The topological polar surface area (TPSA) is 32.3 Å². The highest BCUT2D eigenvalue weighted by Crippen LogP contribution is 2.03. The summed E-state index contributed by atoms with van der Waals surface area (Å²) in [7, 11) is 0. The van der Waals surface area contributed by atoms with Gasteiger partial charge >= 0.3 is 0 Å². The van der Waals surface area contributed by atoms with E-state index in [1.54, 1.807) is 0 Å². The largest absolute Gasteiger partial charge is 0.391 e. The minimum absolute atomic E-state index is 0.404. The smallest absolute Gasteiger partial charge is 0.0699 e. The van der Waals surface area contributed by atoms with Gasteiger partial charge in [0.1, 0.15) is 0 Å². The minimum Gasteiger partial charge on any atom is -0.391 e. The number of hydrogen-bond donors (Lipinski definition) is 2. The average molecular weight is 258 g/mol. The van der Waals surface area contributed by atoms with Gasteiger partial charge in [0.2, 0.25) is 0 Å². The molecule has 0 spiro atoms. The third-order valence-electron chi connectivity index (χ3n) is 2.64. The van der Waals surface area contributed by atoms with Gasteiger partial charge in [-0.05, 0) is 18.4 Å². The molecule has 2 heteroatoms. The van der Waals surface area contributed by atoms with E-state index in [4.69, 9.17) is 0 Å². The van der Waals surface area contributed by atoms with Crippen LogP contribution < -0.4 is 5.32 Å². The first-order chi connectivity index (χ1) is 9.18. The normalized spacial score (nSPS) is 12.0. The van der Waals surface area contributed by atoms with E-state index in [0.717, 1.165) is 19.4 Å². The Morgan fingerprint density at radius 1 is 1.26 bits per heavy atom. The maximum atomic E-state index is 9.80. The van der Waals surface area contributed by atoms with Crippen LogP contribution in [0.3, 0.4) is 0 Å². The second-order valence-corrected chi connectivity index (χ2v) is 4.92. The summed E-state index contributed by atoms with van der Waals surface area (Å²) >= 11 is 0. The van der Waals surface area contributed by atoms with Gasteiger partial charge in [-0.3, -0.25) is 0 Å². The molecule has 0 fully saturated rings. The Morgan fingerprint density at radius 3 is 2.68 bits per heavy atom. The Balaban J connectivity index is 2.06. The quantitative estimate of drug-likeness (QED) is 0.581.